The van der Waals surface area contributed by atoms with Gasteiger partial charge >= 0.3 is 6.03 Å². The number of nitrogens with one attached hydrogen (secondary N) is 2. The number of rotatable bonds is 6. The first kappa shape index (κ1) is 17.7. The van der Waals surface area contributed by atoms with E-state index in [0.29, 0.717) is 5.69 Å². The van der Waals surface area contributed by atoms with Crippen molar-refractivity contribution >= 4 is 27.4 Å². The van der Waals surface area contributed by atoms with Gasteiger partial charge < -0.3 is 10.6 Å². The van der Waals surface area contributed by atoms with Gasteiger partial charge in [0.05, 0.1) is 18.5 Å². The number of urea groups is 1. The summed E-state index contributed by atoms with van der Waals surface area (Å²) in [5.41, 5.74) is 0.564. The molecule has 128 valence electrons. The Morgan fingerprint density at radius 2 is 1.71 bits per heavy atom. The number of para-hydroxylation sites is 2. The molecule has 2 amide bonds. The van der Waals surface area contributed by atoms with Gasteiger partial charge in [-0.2, -0.15) is 0 Å². The van der Waals surface area contributed by atoms with Gasteiger partial charge in [-0.25, -0.2) is 17.6 Å². The molecule has 0 heterocycles. The average molecular weight is 351 g/mol. The Kier molecular flexibility index (Phi) is 5.75. The lowest BCUT2D eigenvalue weighted by Gasteiger charge is -2.23. The van der Waals surface area contributed by atoms with Gasteiger partial charge in [0, 0.05) is 12.2 Å². The Balaban J connectivity index is 1.97. The summed E-state index contributed by atoms with van der Waals surface area (Å²) in [6, 6.07) is 13.9. The van der Waals surface area contributed by atoms with Crippen molar-refractivity contribution in [1.29, 1.82) is 0 Å². The SMILES string of the molecule is CS(=O)(=O)N(CCNC(=O)Nc1ccccc1)c1ccccc1F. The van der Waals surface area contributed by atoms with Crippen molar-refractivity contribution in [2.45, 2.75) is 0 Å². The molecule has 6 nitrogen and oxygen atoms in total. The van der Waals surface area contributed by atoms with Crippen LogP contribution in [0.4, 0.5) is 20.6 Å². The molecule has 0 fully saturated rings. The van der Waals surface area contributed by atoms with Crippen LogP contribution in [-0.4, -0.2) is 33.8 Å². The van der Waals surface area contributed by atoms with Gasteiger partial charge in [0.25, 0.3) is 0 Å². The molecule has 0 bridgehead atoms. The summed E-state index contributed by atoms with van der Waals surface area (Å²) in [6.07, 6.45) is 0.990. The Morgan fingerprint density at radius 3 is 2.33 bits per heavy atom. The maximum atomic E-state index is 13.8. The molecule has 0 saturated heterocycles. The quantitative estimate of drug-likeness (QED) is 0.839. The molecule has 0 spiro atoms. The van der Waals surface area contributed by atoms with Crippen LogP contribution < -0.4 is 14.9 Å². The van der Waals surface area contributed by atoms with E-state index in [1.165, 1.54) is 18.2 Å². The van der Waals surface area contributed by atoms with Gasteiger partial charge in [0.15, 0.2) is 0 Å². The number of carbonyl (C=O) groups excluding carboxylic acids is 1. The third-order valence-electron chi connectivity index (χ3n) is 3.15. The van der Waals surface area contributed by atoms with Crippen molar-refractivity contribution in [2.24, 2.45) is 0 Å². The van der Waals surface area contributed by atoms with Crippen LogP contribution in [-0.2, 0) is 10.0 Å². The van der Waals surface area contributed by atoms with Crippen molar-refractivity contribution in [3.8, 4) is 0 Å². The van der Waals surface area contributed by atoms with Gasteiger partial charge in [-0.15, -0.1) is 0 Å². The fourth-order valence-electron chi connectivity index (χ4n) is 2.09. The first-order chi connectivity index (χ1) is 11.4. The number of anilines is 2. The van der Waals surface area contributed by atoms with Crippen molar-refractivity contribution in [1.82, 2.24) is 5.32 Å². The standard InChI is InChI=1S/C16H18FN3O3S/c1-24(22,23)20(15-10-6-5-9-14(15)17)12-11-18-16(21)19-13-7-3-2-4-8-13/h2-10H,11-12H2,1H3,(H2,18,19,21). The van der Waals surface area contributed by atoms with Crippen molar-refractivity contribution in [2.75, 3.05) is 29.0 Å². The molecule has 0 unspecified atom stereocenters. The summed E-state index contributed by atoms with van der Waals surface area (Å²) in [6.45, 7) is -0.0535. The lowest BCUT2D eigenvalue weighted by molar-refractivity contribution is 0.252. The molecule has 2 rings (SSSR count). The van der Waals surface area contributed by atoms with Gasteiger partial charge in [0.2, 0.25) is 10.0 Å². The highest BCUT2D eigenvalue weighted by Crippen LogP contribution is 2.20. The second kappa shape index (κ2) is 7.78. The van der Waals surface area contributed by atoms with Crippen molar-refractivity contribution in [3.05, 3.63) is 60.4 Å². The molecule has 24 heavy (non-hydrogen) atoms. The molecule has 2 N–H and O–H groups in total. The van der Waals surface area contributed by atoms with Gasteiger partial charge in [0.1, 0.15) is 5.82 Å². The van der Waals surface area contributed by atoms with Gasteiger partial charge in [-0.1, -0.05) is 30.3 Å². The zero-order valence-electron chi connectivity index (χ0n) is 13.1. The highest BCUT2D eigenvalue weighted by atomic mass is 32.2. The van der Waals surface area contributed by atoms with E-state index in [4.69, 9.17) is 0 Å². The lowest BCUT2D eigenvalue weighted by atomic mass is 10.3. The van der Waals surface area contributed by atoms with E-state index in [1.54, 1.807) is 30.3 Å². The van der Waals surface area contributed by atoms with E-state index >= 15 is 0 Å². The zero-order chi connectivity index (χ0) is 17.6. The summed E-state index contributed by atoms with van der Waals surface area (Å²) in [5, 5.41) is 5.16. The maximum Gasteiger partial charge on any atom is 0.319 e. The molecule has 0 aliphatic rings. The smallest absolute Gasteiger partial charge is 0.319 e. The van der Waals surface area contributed by atoms with Crippen molar-refractivity contribution in [3.63, 3.8) is 0 Å². The molecular weight excluding hydrogens is 333 g/mol. The van der Waals surface area contributed by atoms with E-state index in [1.807, 2.05) is 6.07 Å². The fourth-order valence-corrected chi connectivity index (χ4v) is 3.01. The molecule has 2 aromatic carbocycles. The van der Waals surface area contributed by atoms with Crippen LogP contribution in [0.25, 0.3) is 0 Å². The number of amides is 2. The summed E-state index contributed by atoms with van der Waals surface area (Å²) in [4.78, 5) is 11.8. The summed E-state index contributed by atoms with van der Waals surface area (Å²) in [5.74, 6) is -0.642. The van der Waals surface area contributed by atoms with E-state index in [0.717, 1.165) is 10.6 Å². The predicted molar refractivity (Wildman–Crippen MR) is 92.1 cm³/mol. The van der Waals surface area contributed by atoms with Crippen LogP contribution in [0.1, 0.15) is 0 Å². The minimum absolute atomic E-state index is 0.0278. The largest absolute Gasteiger partial charge is 0.336 e. The number of halogens is 1. The van der Waals surface area contributed by atoms with E-state index < -0.39 is 21.9 Å². The molecule has 2 aromatic rings. The number of carbonyl (C=O) groups is 1. The second-order valence-corrected chi connectivity index (χ2v) is 6.94. The minimum atomic E-state index is -3.68. The van der Waals surface area contributed by atoms with E-state index in [9.17, 15) is 17.6 Å². The number of nitrogens with zero attached hydrogens (tertiary/aromatic N) is 1. The molecule has 0 atom stereocenters. The van der Waals surface area contributed by atoms with E-state index in [-0.39, 0.29) is 18.8 Å². The average Bonchev–Trinajstić information content (AvgIpc) is 2.52. The molecule has 0 saturated carbocycles. The number of hydrogen-bond donors (Lipinski definition) is 2. The van der Waals surface area contributed by atoms with Crippen LogP contribution >= 0.6 is 0 Å². The Labute approximate surface area is 140 Å². The molecule has 0 aromatic heterocycles. The summed E-state index contributed by atoms with van der Waals surface area (Å²) < 4.78 is 38.5. The predicted octanol–water partition coefficient (Wildman–Crippen LogP) is 2.41. The highest BCUT2D eigenvalue weighted by Gasteiger charge is 2.20. The number of benzene rings is 2. The first-order valence-corrected chi connectivity index (χ1v) is 9.05. The van der Waals surface area contributed by atoms with E-state index in [2.05, 4.69) is 10.6 Å². The highest BCUT2D eigenvalue weighted by molar-refractivity contribution is 7.92. The van der Waals surface area contributed by atoms with Crippen LogP contribution in [0, 0.1) is 5.82 Å². The Morgan fingerprint density at radius 1 is 1.08 bits per heavy atom. The fraction of sp³-hybridized carbons (Fsp3) is 0.188. The number of hydrogen-bond acceptors (Lipinski definition) is 3. The third-order valence-corrected chi connectivity index (χ3v) is 4.33. The normalized spacial score (nSPS) is 10.9. The monoisotopic (exact) mass is 351 g/mol. The maximum absolute atomic E-state index is 13.8. The molecule has 8 heteroatoms. The Hall–Kier alpha value is -2.61. The first-order valence-electron chi connectivity index (χ1n) is 7.20. The lowest BCUT2D eigenvalue weighted by Crippen LogP contribution is -2.39. The van der Waals surface area contributed by atoms with Crippen molar-refractivity contribution < 1.29 is 17.6 Å². The van der Waals surface area contributed by atoms with Gasteiger partial charge in [-0.05, 0) is 24.3 Å². The molecular formula is C16H18FN3O3S. The molecule has 0 aliphatic heterocycles. The zero-order valence-corrected chi connectivity index (χ0v) is 13.9. The summed E-state index contributed by atoms with van der Waals surface area (Å²) in [7, 11) is -3.68. The molecule has 0 aliphatic carbocycles. The minimum Gasteiger partial charge on any atom is -0.336 e. The van der Waals surface area contributed by atoms with Gasteiger partial charge in [-0.3, -0.25) is 4.31 Å². The summed E-state index contributed by atoms with van der Waals surface area (Å²) >= 11 is 0. The van der Waals surface area contributed by atoms with Crippen LogP contribution in [0.2, 0.25) is 0 Å². The van der Waals surface area contributed by atoms with Crippen LogP contribution in [0.15, 0.2) is 54.6 Å². The third kappa shape index (κ3) is 4.95. The Bertz CT molecular complexity index is 797. The second-order valence-electron chi connectivity index (χ2n) is 5.03. The number of sulfonamides is 1. The molecule has 0 radical (unpaired) electrons. The van der Waals surface area contributed by atoms with Crippen LogP contribution in [0.3, 0.4) is 0 Å². The topological polar surface area (TPSA) is 78.5 Å². The van der Waals surface area contributed by atoms with Crippen LogP contribution in [0.5, 0.6) is 0 Å².